The number of aromatic nitrogens is 2. The highest BCUT2D eigenvalue weighted by atomic mass is 32.2. The van der Waals surface area contributed by atoms with Gasteiger partial charge in [-0.25, -0.2) is 9.97 Å². The average molecular weight is 391 g/mol. The van der Waals surface area contributed by atoms with E-state index in [0.717, 1.165) is 5.52 Å². The van der Waals surface area contributed by atoms with Crippen LogP contribution >= 0.6 is 23.1 Å². The number of rotatable bonds is 7. The van der Waals surface area contributed by atoms with Crippen molar-refractivity contribution in [2.24, 2.45) is 0 Å². The first kappa shape index (κ1) is 18.4. The molecule has 2 aromatic heterocycles. The van der Waals surface area contributed by atoms with E-state index < -0.39 is 5.25 Å². The van der Waals surface area contributed by atoms with Crippen molar-refractivity contribution in [3.8, 4) is 0 Å². The molecule has 0 bridgehead atoms. The van der Waals surface area contributed by atoms with E-state index in [4.69, 9.17) is 9.15 Å². The molecule has 136 valence electrons. The number of ether oxygens (including phenoxy) is 1. The number of thiazole rings is 1. The number of benzene rings is 1. The lowest BCUT2D eigenvalue weighted by Crippen LogP contribution is -2.22. The number of oxazole rings is 1. The van der Waals surface area contributed by atoms with Crippen LogP contribution in [0.3, 0.4) is 0 Å². The van der Waals surface area contributed by atoms with E-state index in [1.807, 2.05) is 24.3 Å². The van der Waals surface area contributed by atoms with E-state index in [2.05, 4.69) is 15.3 Å². The van der Waals surface area contributed by atoms with Crippen molar-refractivity contribution in [3.05, 3.63) is 35.3 Å². The summed E-state index contributed by atoms with van der Waals surface area (Å²) in [6, 6.07) is 7.44. The predicted molar refractivity (Wildman–Crippen MR) is 100 cm³/mol. The van der Waals surface area contributed by atoms with Crippen LogP contribution in [0.15, 0.2) is 39.3 Å². The van der Waals surface area contributed by atoms with Gasteiger partial charge in [0.2, 0.25) is 5.91 Å². The number of esters is 1. The molecule has 1 N–H and O–H groups in total. The van der Waals surface area contributed by atoms with Gasteiger partial charge < -0.3 is 14.5 Å². The first-order chi connectivity index (χ1) is 12.5. The summed E-state index contributed by atoms with van der Waals surface area (Å²) in [5.74, 6) is -0.551. The third-order valence-corrected chi connectivity index (χ3v) is 5.08. The number of para-hydroxylation sites is 2. The maximum Gasteiger partial charge on any atom is 0.311 e. The Labute approximate surface area is 158 Å². The Kier molecular flexibility index (Phi) is 5.89. The number of carbonyl (C=O) groups is 2. The number of carbonyl (C=O) groups excluding carboxylic acids is 2. The van der Waals surface area contributed by atoms with E-state index >= 15 is 0 Å². The van der Waals surface area contributed by atoms with Crippen LogP contribution in [0.4, 0.5) is 5.13 Å². The molecule has 1 aromatic carbocycles. The van der Waals surface area contributed by atoms with Gasteiger partial charge in [-0.3, -0.25) is 9.59 Å². The molecular formula is C17H17N3O4S2. The highest BCUT2D eigenvalue weighted by molar-refractivity contribution is 8.00. The second kappa shape index (κ2) is 8.33. The third-order valence-electron chi connectivity index (χ3n) is 3.33. The van der Waals surface area contributed by atoms with E-state index in [1.165, 1.54) is 23.1 Å². The minimum atomic E-state index is -0.416. The van der Waals surface area contributed by atoms with Gasteiger partial charge in [0.25, 0.3) is 5.22 Å². The van der Waals surface area contributed by atoms with Gasteiger partial charge >= 0.3 is 5.97 Å². The number of anilines is 1. The summed E-state index contributed by atoms with van der Waals surface area (Å²) in [5, 5.41) is 4.94. The van der Waals surface area contributed by atoms with Crippen molar-refractivity contribution in [2.75, 3.05) is 11.9 Å². The van der Waals surface area contributed by atoms with Gasteiger partial charge in [0.05, 0.1) is 24.0 Å². The van der Waals surface area contributed by atoms with E-state index in [1.54, 1.807) is 19.2 Å². The molecular weight excluding hydrogens is 374 g/mol. The first-order valence-electron chi connectivity index (χ1n) is 7.98. The number of nitrogens with one attached hydrogen (secondary N) is 1. The number of amides is 1. The van der Waals surface area contributed by atoms with E-state index in [-0.39, 0.29) is 18.3 Å². The van der Waals surface area contributed by atoms with Gasteiger partial charge in [-0.05, 0) is 26.0 Å². The molecule has 1 atom stereocenters. The molecule has 0 aliphatic carbocycles. The molecule has 0 saturated carbocycles. The monoisotopic (exact) mass is 391 g/mol. The Bertz CT molecular complexity index is 889. The van der Waals surface area contributed by atoms with Crippen molar-refractivity contribution in [2.45, 2.75) is 30.7 Å². The van der Waals surface area contributed by atoms with Crippen LogP contribution in [0.2, 0.25) is 0 Å². The Balaban J connectivity index is 1.57. The van der Waals surface area contributed by atoms with Gasteiger partial charge in [-0.15, -0.1) is 11.3 Å². The summed E-state index contributed by atoms with van der Waals surface area (Å²) < 4.78 is 10.5. The molecule has 3 aromatic rings. The number of nitrogens with zero attached hydrogens (tertiary/aromatic N) is 2. The lowest BCUT2D eigenvalue weighted by Gasteiger charge is -2.07. The van der Waals surface area contributed by atoms with Gasteiger partial charge in [0.1, 0.15) is 5.52 Å². The lowest BCUT2D eigenvalue weighted by molar-refractivity contribution is -0.142. The molecule has 7 nitrogen and oxygen atoms in total. The second-order valence-electron chi connectivity index (χ2n) is 5.32. The molecule has 26 heavy (non-hydrogen) atoms. The summed E-state index contributed by atoms with van der Waals surface area (Å²) in [4.78, 5) is 32.4. The highest BCUT2D eigenvalue weighted by Crippen LogP contribution is 2.27. The Morgan fingerprint density at radius 2 is 2.15 bits per heavy atom. The van der Waals surface area contributed by atoms with Crippen LogP contribution in [0.25, 0.3) is 11.1 Å². The van der Waals surface area contributed by atoms with Gasteiger partial charge in [0, 0.05) is 5.38 Å². The van der Waals surface area contributed by atoms with Gasteiger partial charge in [-0.1, -0.05) is 23.9 Å². The van der Waals surface area contributed by atoms with Crippen LogP contribution in [0.5, 0.6) is 0 Å². The fourth-order valence-corrected chi connectivity index (χ4v) is 3.59. The summed E-state index contributed by atoms with van der Waals surface area (Å²) >= 11 is 2.50. The molecule has 1 unspecified atom stereocenters. The standard InChI is InChI=1S/C17H17N3O4S2/c1-3-23-14(21)8-11-9-25-16(18-11)20-15(22)10(2)26-17-19-12-6-4-5-7-13(12)24-17/h4-7,9-10H,3,8H2,1-2H3,(H,18,20,22). The Morgan fingerprint density at radius 1 is 1.35 bits per heavy atom. The molecule has 3 rings (SSSR count). The van der Waals surface area contributed by atoms with Crippen LogP contribution in [0.1, 0.15) is 19.5 Å². The minimum absolute atomic E-state index is 0.0907. The summed E-state index contributed by atoms with van der Waals surface area (Å²) in [6.45, 7) is 3.85. The molecule has 9 heteroatoms. The van der Waals surface area contributed by atoms with Crippen LogP contribution < -0.4 is 5.32 Å². The zero-order valence-corrected chi connectivity index (χ0v) is 15.9. The number of fused-ring (bicyclic) bond motifs is 1. The van der Waals surface area contributed by atoms with Crippen molar-refractivity contribution < 1.29 is 18.7 Å². The Morgan fingerprint density at radius 3 is 2.92 bits per heavy atom. The maximum absolute atomic E-state index is 12.3. The molecule has 0 aliphatic rings. The topological polar surface area (TPSA) is 94.3 Å². The quantitative estimate of drug-likeness (QED) is 0.486. The van der Waals surface area contributed by atoms with E-state index in [9.17, 15) is 9.59 Å². The predicted octanol–water partition coefficient (Wildman–Crippen LogP) is 3.51. The Hall–Kier alpha value is -2.39. The second-order valence-corrected chi connectivity index (χ2v) is 7.47. The van der Waals surface area contributed by atoms with Crippen molar-refractivity contribution >= 4 is 51.2 Å². The first-order valence-corrected chi connectivity index (χ1v) is 9.74. The fourth-order valence-electron chi connectivity index (χ4n) is 2.12. The lowest BCUT2D eigenvalue weighted by atomic mass is 10.3. The summed E-state index contributed by atoms with van der Waals surface area (Å²) in [6.07, 6.45) is 0.0907. The molecule has 0 radical (unpaired) electrons. The summed E-state index contributed by atoms with van der Waals surface area (Å²) in [5.41, 5.74) is 2.01. The van der Waals surface area contributed by atoms with Crippen LogP contribution in [-0.2, 0) is 20.7 Å². The summed E-state index contributed by atoms with van der Waals surface area (Å²) in [7, 11) is 0. The molecule has 0 aliphatic heterocycles. The van der Waals surface area contributed by atoms with Gasteiger partial charge in [0.15, 0.2) is 10.7 Å². The molecule has 0 spiro atoms. The molecule has 2 heterocycles. The normalized spacial score (nSPS) is 12.1. The fraction of sp³-hybridized carbons (Fsp3) is 0.294. The number of hydrogen-bond acceptors (Lipinski definition) is 8. The van der Waals surface area contributed by atoms with E-state index in [0.29, 0.717) is 28.2 Å². The number of hydrogen-bond donors (Lipinski definition) is 1. The maximum atomic E-state index is 12.3. The van der Waals surface area contributed by atoms with Crippen LogP contribution in [-0.4, -0.2) is 33.7 Å². The SMILES string of the molecule is CCOC(=O)Cc1csc(NC(=O)C(C)Sc2nc3ccccc3o2)n1. The smallest absolute Gasteiger partial charge is 0.311 e. The van der Waals surface area contributed by atoms with Gasteiger partial charge in [-0.2, -0.15) is 0 Å². The zero-order chi connectivity index (χ0) is 18.5. The minimum Gasteiger partial charge on any atom is -0.466 e. The molecule has 1 amide bonds. The highest BCUT2D eigenvalue weighted by Gasteiger charge is 2.19. The number of thioether (sulfide) groups is 1. The van der Waals surface area contributed by atoms with Crippen molar-refractivity contribution in [1.29, 1.82) is 0 Å². The average Bonchev–Trinajstić information content (AvgIpc) is 3.20. The van der Waals surface area contributed by atoms with Crippen molar-refractivity contribution in [3.63, 3.8) is 0 Å². The third kappa shape index (κ3) is 4.61. The van der Waals surface area contributed by atoms with Crippen LogP contribution in [0, 0.1) is 0 Å². The molecule has 0 saturated heterocycles. The largest absolute Gasteiger partial charge is 0.466 e. The molecule has 0 fully saturated rings. The zero-order valence-electron chi connectivity index (χ0n) is 14.2. The van der Waals surface area contributed by atoms with Crippen molar-refractivity contribution in [1.82, 2.24) is 9.97 Å².